The van der Waals surface area contributed by atoms with Gasteiger partial charge in [0, 0.05) is 25.9 Å². The van der Waals surface area contributed by atoms with Crippen molar-refractivity contribution in [2.75, 3.05) is 14.1 Å². The molecular weight excluding hydrogens is 202 g/mol. The lowest BCUT2D eigenvalue weighted by Crippen LogP contribution is -2.18. The van der Waals surface area contributed by atoms with Crippen LogP contribution in [-0.2, 0) is 4.79 Å². The molecule has 1 aromatic rings. The highest BCUT2D eigenvalue weighted by molar-refractivity contribution is 6.00. The van der Waals surface area contributed by atoms with Gasteiger partial charge in [-0.2, -0.15) is 5.10 Å². The van der Waals surface area contributed by atoms with E-state index in [2.05, 4.69) is 10.2 Å². The number of nitrogens with one attached hydrogen (secondary N) is 1. The van der Waals surface area contributed by atoms with E-state index >= 15 is 0 Å². The van der Waals surface area contributed by atoms with E-state index in [9.17, 15) is 4.79 Å². The van der Waals surface area contributed by atoms with Crippen molar-refractivity contribution >= 4 is 11.5 Å². The predicted molar refractivity (Wildman–Crippen MR) is 64.7 cm³/mol. The fourth-order valence-corrected chi connectivity index (χ4v) is 1.86. The number of hydrogen-bond acceptors (Lipinski definition) is 3. The Morgan fingerprint density at radius 3 is 2.38 bits per heavy atom. The molecule has 0 fully saturated rings. The number of hydrogen-bond donors (Lipinski definition) is 1. The number of aromatic nitrogens is 2. The van der Waals surface area contributed by atoms with Crippen molar-refractivity contribution in [3.63, 3.8) is 0 Å². The molecule has 4 nitrogen and oxygen atoms in total. The highest BCUT2D eigenvalue weighted by Crippen LogP contribution is 2.24. The Hall–Kier alpha value is -1.58. The van der Waals surface area contributed by atoms with Gasteiger partial charge < -0.3 is 4.90 Å². The molecule has 0 bridgehead atoms. The van der Waals surface area contributed by atoms with Crippen LogP contribution in [0.15, 0.2) is 17.8 Å². The second-order valence-corrected chi connectivity index (χ2v) is 4.34. The van der Waals surface area contributed by atoms with Crippen LogP contribution in [0, 0.1) is 5.92 Å². The van der Waals surface area contributed by atoms with E-state index < -0.39 is 0 Å². The summed E-state index contributed by atoms with van der Waals surface area (Å²) in [6.45, 7) is 5.66. The first-order valence-electron chi connectivity index (χ1n) is 5.37. The van der Waals surface area contributed by atoms with Crippen LogP contribution in [0.1, 0.15) is 26.5 Å². The van der Waals surface area contributed by atoms with E-state index in [0.717, 1.165) is 17.0 Å². The summed E-state index contributed by atoms with van der Waals surface area (Å²) >= 11 is 0. The number of ketones is 1. The molecule has 88 valence electrons. The summed E-state index contributed by atoms with van der Waals surface area (Å²) in [5.41, 5.74) is 2.62. The zero-order valence-corrected chi connectivity index (χ0v) is 10.5. The molecule has 0 unspecified atom stereocenters. The normalized spacial score (nSPS) is 12.6. The van der Waals surface area contributed by atoms with Crippen LogP contribution in [0.4, 0.5) is 0 Å². The second kappa shape index (κ2) is 4.96. The number of H-pyrrole nitrogens is 1. The predicted octanol–water partition coefficient (Wildman–Crippen LogP) is 1.93. The van der Waals surface area contributed by atoms with Gasteiger partial charge in [0.15, 0.2) is 5.78 Å². The smallest absolute Gasteiger partial charge is 0.158 e. The number of allylic oxidation sites excluding steroid dienone is 1. The van der Waals surface area contributed by atoms with Gasteiger partial charge >= 0.3 is 0 Å². The molecule has 0 aliphatic carbocycles. The van der Waals surface area contributed by atoms with Gasteiger partial charge in [-0.25, -0.2) is 0 Å². The Balaban J connectivity index is 3.38. The van der Waals surface area contributed by atoms with Crippen molar-refractivity contribution in [2.45, 2.75) is 20.8 Å². The van der Waals surface area contributed by atoms with E-state index in [1.54, 1.807) is 13.1 Å². The lowest BCUT2D eigenvalue weighted by atomic mass is 9.95. The molecule has 4 heteroatoms. The van der Waals surface area contributed by atoms with Crippen LogP contribution in [-0.4, -0.2) is 35.0 Å². The number of nitrogens with zero attached hydrogens (tertiary/aromatic N) is 2. The molecule has 0 aliphatic heterocycles. The highest BCUT2D eigenvalue weighted by Gasteiger charge is 2.19. The number of aromatic amines is 1. The van der Waals surface area contributed by atoms with E-state index in [4.69, 9.17) is 0 Å². The molecule has 1 aromatic heterocycles. The largest absolute Gasteiger partial charge is 0.376 e. The Bertz CT molecular complexity index is 388. The number of Topliss-reactive ketones (excluding diaryl/α,β-unsaturated/α-hetero) is 1. The summed E-state index contributed by atoms with van der Waals surface area (Å²) in [7, 11) is 3.86. The standard InChI is InChI=1S/C12H19N3O/c1-8(2)11(9(3)16)12(15(4)5)10-6-7-13-14-10/h6-8H,1-5H3,(H,13,14)/b12-11-. The van der Waals surface area contributed by atoms with Gasteiger partial charge in [0.1, 0.15) is 0 Å². The topological polar surface area (TPSA) is 49.0 Å². The molecule has 0 spiro atoms. The molecule has 0 radical (unpaired) electrons. The third-order valence-electron chi connectivity index (χ3n) is 2.41. The van der Waals surface area contributed by atoms with Crippen molar-refractivity contribution in [3.8, 4) is 0 Å². The number of rotatable bonds is 4. The van der Waals surface area contributed by atoms with Crippen molar-refractivity contribution in [3.05, 3.63) is 23.5 Å². The highest BCUT2D eigenvalue weighted by atomic mass is 16.1. The zero-order valence-electron chi connectivity index (χ0n) is 10.5. The van der Waals surface area contributed by atoms with Crippen molar-refractivity contribution in [1.82, 2.24) is 15.1 Å². The Labute approximate surface area is 96.3 Å². The van der Waals surface area contributed by atoms with E-state index in [1.807, 2.05) is 38.9 Å². The molecule has 0 saturated heterocycles. The first-order chi connectivity index (χ1) is 7.45. The zero-order chi connectivity index (χ0) is 12.3. The maximum Gasteiger partial charge on any atom is 0.158 e. The SMILES string of the molecule is CC(=O)/C(=C(/c1ccn[nH]1)N(C)C)C(C)C. The van der Waals surface area contributed by atoms with Crippen LogP contribution in [0.25, 0.3) is 5.70 Å². The molecule has 1 heterocycles. The maximum atomic E-state index is 11.7. The van der Waals surface area contributed by atoms with E-state index in [1.165, 1.54) is 0 Å². The average Bonchev–Trinajstić information content (AvgIpc) is 2.64. The Morgan fingerprint density at radius 2 is 2.06 bits per heavy atom. The fourth-order valence-electron chi connectivity index (χ4n) is 1.86. The van der Waals surface area contributed by atoms with Crippen LogP contribution in [0.3, 0.4) is 0 Å². The summed E-state index contributed by atoms with van der Waals surface area (Å²) in [5, 5.41) is 6.84. The minimum Gasteiger partial charge on any atom is -0.376 e. The van der Waals surface area contributed by atoms with E-state index in [0.29, 0.717) is 0 Å². The Morgan fingerprint density at radius 1 is 1.44 bits per heavy atom. The third-order valence-corrected chi connectivity index (χ3v) is 2.41. The summed E-state index contributed by atoms with van der Waals surface area (Å²) in [6.07, 6.45) is 1.69. The first-order valence-corrected chi connectivity index (χ1v) is 5.37. The summed E-state index contributed by atoms with van der Waals surface area (Å²) in [6, 6.07) is 1.88. The van der Waals surface area contributed by atoms with Crippen LogP contribution in [0.2, 0.25) is 0 Å². The number of carbonyl (C=O) groups is 1. The van der Waals surface area contributed by atoms with Crippen LogP contribution >= 0.6 is 0 Å². The minimum absolute atomic E-state index is 0.105. The molecular formula is C12H19N3O. The van der Waals surface area contributed by atoms with Crippen molar-refractivity contribution < 1.29 is 4.79 Å². The fraction of sp³-hybridized carbons (Fsp3) is 0.500. The lowest BCUT2D eigenvalue weighted by Gasteiger charge is -2.22. The molecule has 0 atom stereocenters. The average molecular weight is 221 g/mol. The van der Waals surface area contributed by atoms with Gasteiger partial charge in [-0.3, -0.25) is 9.89 Å². The molecule has 0 saturated carbocycles. The van der Waals surface area contributed by atoms with Gasteiger partial charge in [-0.15, -0.1) is 0 Å². The Kier molecular flexibility index (Phi) is 3.88. The van der Waals surface area contributed by atoms with Crippen LogP contribution in [0.5, 0.6) is 0 Å². The molecule has 0 aliphatic rings. The maximum absolute atomic E-state index is 11.7. The third kappa shape index (κ3) is 2.51. The van der Waals surface area contributed by atoms with E-state index in [-0.39, 0.29) is 11.7 Å². The van der Waals surface area contributed by atoms with Gasteiger partial charge in [0.2, 0.25) is 0 Å². The molecule has 0 aromatic carbocycles. The summed E-state index contributed by atoms with van der Waals surface area (Å²) < 4.78 is 0. The van der Waals surface area contributed by atoms with Gasteiger partial charge in [0.25, 0.3) is 0 Å². The van der Waals surface area contributed by atoms with Crippen LogP contribution < -0.4 is 0 Å². The van der Waals surface area contributed by atoms with Gasteiger partial charge in [0.05, 0.1) is 11.4 Å². The number of carbonyl (C=O) groups excluding carboxylic acids is 1. The summed E-state index contributed by atoms with van der Waals surface area (Å²) in [5.74, 6) is 0.298. The van der Waals surface area contributed by atoms with Gasteiger partial charge in [-0.05, 0) is 18.9 Å². The monoisotopic (exact) mass is 221 g/mol. The molecule has 1 rings (SSSR count). The van der Waals surface area contributed by atoms with Gasteiger partial charge in [-0.1, -0.05) is 13.8 Å². The van der Waals surface area contributed by atoms with Crippen molar-refractivity contribution in [2.24, 2.45) is 5.92 Å². The first kappa shape index (κ1) is 12.5. The minimum atomic E-state index is 0.105. The second-order valence-electron chi connectivity index (χ2n) is 4.34. The molecule has 0 amide bonds. The lowest BCUT2D eigenvalue weighted by molar-refractivity contribution is -0.114. The molecule has 16 heavy (non-hydrogen) atoms. The molecule has 1 N–H and O–H groups in total. The van der Waals surface area contributed by atoms with Crippen molar-refractivity contribution in [1.29, 1.82) is 0 Å². The quantitative estimate of drug-likeness (QED) is 0.790. The summed E-state index contributed by atoms with van der Waals surface area (Å²) in [4.78, 5) is 13.7.